The molecule has 0 spiro atoms. The summed E-state index contributed by atoms with van der Waals surface area (Å²) in [6.45, 7) is 4.38. The zero-order chi connectivity index (χ0) is 18.5. The van der Waals surface area contributed by atoms with E-state index in [0.29, 0.717) is 23.7 Å². The molecule has 0 aromatic heterocycles. The van der Waals surface area contributed by atoms with Gasteiger partial charge in [-0.05, 0) is 37.4 Å². The minimum atomic E-state index is 0.0140. The van der Waals surface area contributed by atoms with Gasteiger partial charge < -0.3 is 14.9 Å². The molecule has 1 amide bonds. The van der Waals surface area contributed by atoms with Crippen molar-refractivity contribution in [2.75, 3.05) is 44.7 Å². The van der Waals surface area contributed by atoms with Gasteiger partial charge in [-0.2, -0.15) is 0 Å². The summed E-state index contributed by atoms with van der Waals surface area (Å²) in [5.74, 6) is 0.207. The van der Waals surface area contributed by atoms with Gasteiger partial charge in [-0.15, -0.1) is 0 Å². The molecule has 1 aliphatic heterocycles. The summed E-state index contributed by atoms with van der Waals surface area (Å²) >= 11 is 5.99. The molecule has 3 rings (SSSR count). The van der Waals surface area contributed by atoms with Crippen LogP contribution in [0.1, 0.15) is 5.56 Å². The van der Waals surface area contributed by atoms with Crippen molar-refractivity contribution < 1.29 is 9.90 Å². The molecule has 26 heavy (non-hydrogen) atoms. The van der Waals surface area contributed by atoms with Crippen LogP contribution in [0.15, 0.2) is 48.5 Å². The van der Waals surface area contributed by atoms with Crippen LogP contribution in [0.4, 0.5) is 5.69 Å². The van der Waals surface area contributed by atoms with Crippen molar-refractivity contribution in [3.8, 4) is 5.75 Å². The predicted molar refractivity (Wildman–Crippen MR) is 105 cm³/mol. The molecular formula is C20H24ClN3O2. The molecule has 138 valence electrons. The number of carbonyl (C=O) groups is 1. The van der Waals surface area contributed by atoms with E-state index in [2.05, 4.69) is 16.8 Å². The molecule has 2 aromatic rings. The average Bonchev–Trinajstić information content (AvgIpc) is 2.64. The molecule has 0 unspecified atom stereocenters. The van der Waals surface area contributed by atoms with E-state index in [4.69, 9.17) is 11.6 Å². The molecule has 6 heteroatoms. The van der Waals surface area contributed by atoms with E-state index in [1.807, 2.05) is 24.3 Å². The molecule has 1 saturated heterocycles. The summed E-state index contributed by atoms with van der Waals surface area (Å²) in [4.78, 5) is 19.2. The maximum absolute atomic E-state index is 13.1. The predicted octanol–water partition coefficient (Wildman–Crippen LogP) is 2.83. The lowest BCUT2D eigenvalue weighted by Crippen LogP contribution is -2.48. The number of amides is 1. The number of phenols is 1. The molecule has 0 saturated carbocycles. The number of rotatable bonds is 5. The third-order valence-corrected chi connectivity index (χ3v) is 4.97. The zero-order valence-electron chi connectivity index (χ0n) is 14.9. The van der Waals surface area contributed by atoms with Crippen molar-refractivity contribution in [3.05, 3.63) is 59.1 Å². The van der Waals surface area contributed by atoms with E-state index >= 15 is 0 Å². The number of anilines is 1. The first-order valence-electron chi connectivity index (χ1n) is 8.76. The number of benzene rings is 2. The van der Waals surface area contributed by atoms with Crippen molar-refractivity contribution >= 4 is 23.2 Å². The standard InChI is InChI=1S/C20H24ClN3O2/c1-22-10-12-23(13-11-22)15-20(26)24(18-8-6-17(21)7-9-18)14-16-4-2-3-5-19(16)25/h2-9,25H,10-15H2,1H3. The van der Waals surface area contributed by atoms with Gasteiger partial charge in [0.2, 0.25) is 5.91 Å². The lowest BCUT2D eigenvalue weighted by molar-refractivity contribution is -0.120. The maximum Gasteiger partial charge on any atom is 0.241 e. The molecule has 1 aliphatic rings. The Morgan fingerprint density at radius 3 is 2.38 bits per heavy atom. The van der Waals surface area contributed by atoms with E-state index < -0.39 is 0 Å². The van der Waals surface area contributed by atoms with E-state index in [9.17, 15) is 9.90 Å². The normalized spacial score (nSPS) is 15.8. The van der Waals surface area contributed by atoms with Crippen LogP contribution < -0.4 is 4.90 Å². The number of hydrogen-bond acceptors (Lipinski definition) is 4. The van der Waals surface area contributed by atoms with Gasteiger partial charge >= 0.3 is 0 Å². The highest BCUT2D eigenvalue weighted by molar-refractivity contribution is 6.30. The highest BCUT2D eigenvalue weighted by Crippen LogP contribution is 2.24. The van der Waals surface area contributed by atoms with Gasteiger partial charge in [0, 0.05) is 42.5 Å². The van der Waals surface area contributed by atoms with Crippen LogP contribution in [0.2, 0.25) is 5.02 Å². The molecule has 2 aromatic carbocycles. The average molecular weight is 374 g/mol. The number of hydrogen-bond donors (Lipinski definition) is 1. The number of piperazine rings is 1. The van der Waals surface area contributed by atoms with E-state index in [-0.39, 0.29) is 11.7 Å². The lowest BCUT2D eigenvalue weighted by Gasteiger charge is -2.33. The van der Waals surface area contributed by atoms with E-state index in [0.717, 1.165) is 31.9 Å². The third kappa shape index (κ3) is 4.75. The number of halogens is 1. The Bertz CT molecular complexity index is 743. The number of carbonyl (C=O) groups excluding carboxylic acids is 1. The summed E-state index contributed by atoms with van der Waals surface area (Å²) in [7, 11) is 2.09. The molecule has 0 bridgehead atoms. The first kappa shape index (κ1) is 18.7. The Labute approximate surface area is 159 Å². The summed E-state index contributed by atoms with van der Waals surface area (Å²) in [6, 6.07) is 14.3. The fraction of sp³-hybridized carbons (Fsp3) is 0.350. The van der Waals surface area contributed by atoms with Crippen LogP contribution in [-0.4, -0.2) is 60.6 Å². The second-order valence-electron chi connectivity index (χ2n) is 6.66. The van der Waals surface area contributed by atoms with Gasteiger partial charge in [-0.3, -0.25) is 9.69 Å². The molecule has 0 radical (unpaired) electrons. The Hall–Kier alpha value is -2.08. The molecule has 5 nitrogen and oxygen atoms in total. The third-order valence-electron chi connectivity index (χ3n) is 4.71. The first-order valence-corrected chi connectivity index (χ1v) is 9.14. The number of likely N-dealkylation sites (N-methyl/N-ethyl adjacent to an activating group) is 1. The molecule has 0 aliphatic carbocycles. The largest absolute Gasteiger partial charge is 0.508 e. The highest BCUT2D eigenvalue weighted by Gasteiger charge is 2.22. The van der Waals surface area contributed by atoms with E-state index in [1.165, 1.54) is 0 Å². The first-order chi connectivity index (χ1) is 12.5. The summed E-state index contributed by atoms with van der Waals surface area (Å²) in [5.41, 5.74) is 1.49. The summed E-state index contributed by atoms with van der Waals surface area (Å²) in [6.07, 6.45) is 0. The number of aromatic hydroxyl groups is 1. The SMILES string of the molecule is CN1CCN(CC(=O)N(Cc2ccccc2O)c2ccc(Cl)cc2)CC1. The monoisotopic (exact) mass is 373 g/mol. The van der Waals surface area contributed by atoms with Crippen molar-refractivity contribution in [2.24, 2.45) is 0 Å². The molecule has 0 atom stereocenters. The Morgan fingerprint density at radius 2 is 1.73 bits per heavy atom. The number of para-hydroxylation sites is 1. The maximum atomic E-state index is 13.1. The second kappa shape index (κ2) is 8.54. The molecule has 1 heterocycles. The number of phenolic OH excluding ortho intramolecular Hbond substituents is 1. The minimum absolute atomic E-state index is 0.0140. The van der Waals surface area contributed by atoms with Gasteiger partial charge in [0.25, 0.3) is 0 Å². The van der Waals surface area contributed by atoms with Crippen molar-refractivity contribution in [3.63, 3.8) is 0 Å². The number of nitrogens with zero attached hydrogens (tertiary/aromatic N) is 3. The van der Waals surface area contributed by atoms with Crippen molar-refractivity contribution in [1.29, 1.82) is 0 Å². The van der Waals surface area contributed by atoms with Gasteiger partial charge in [-0.25, -0.2) is 0 Å². The zero-order valence-corrected chi connectivity index (χ0v) is 15.7. The van der Waals surface area contributed by atoms with Gasteiger partial charge in [0.1, 0.15) is 5.75 Å². The Balaban J connectivity index is 1.79. The van der Waals surface area contributed by atoms with Crippen LogP contribution in [0, 0.1) is 0 Å². The van der Waals surface area contributed by atoms with Crippen molar-refractivity contribution in [1.82, 2.24) is 9.80 Å². The second-order valence-corrected chi connectivity index (χ2v) is 7.10. The van der Waals surface area contributed by atoms with Crippen LogP contribution in [0.25, 0.3) is 0 Å². The fourth-order valence-electron chi connectivity index (χ4n) is 3.04. The lowest BCUT2D eigenvalue weighted by atomic mass is 10.1. The van der Waals surface area contributed by atoms with Gasteiger partial charge in [0.15, 0.2) is 0 Å². The highest BCUT2D eigenvalue weighted by atomic mass is 35.5. The molecular weight excluding hydrogens is 350 g/mol. The summed E-state index contributed by atoms with van der Waals surface area (Å²) in [5, 5.41) is 10.7. The Kier molecular flexibility index (Phi) is 6.14. The fourth-order valence-corrected chi connectivity index (χ4v) is 3.17. The minimum Gasteiger partial charge on any atom is -0.508 e. The Morgan fingerprint density at radius 1 is 1.08 bits per heavy atom. The summed E-state index contributed by atoms with van der Waals surface area (Å²) < 4.78 is 0. The smallest absolute Gasteiger partial charge is 0.241 e. The van der Waals surface area contributed by atoms with Crippen molar-refractivity contribution in [2.45, 2.75) is 6.54 Å². The topological polar surface area (TPSA) is 47.0 Å². The van der Waals surface area contributed by atoms with Crippen LogP contribution in [0.3, 0.4) is 0 Å². The molecule has 1 fully saturated rings. The van der Waals surface area contributed by atoms with Crippen LogP contribution in [0.5, 0.6) is 5.75 Å². The molecule has 1 N–H and O–H groups in total. The van der Waals surface area contributed by atoms with Gasteiger partial charge in [-0.1, -0.05) is 29.8 Å². The van der Waals surface area contributed by atoms with Crippen LogP contribution >= 0.6 is 11.6 Å². The quantitative estimate of drug-likeness (QED) is 0.875. The van der Waals surface area contributed by atoms with Gasteiger partial charge in [0.05, 0.1) is 13.1 Å². The van der Waals surface area contributed by atoms with Crippen LogP contribution in [-0.2, 0) is 11.3 Å². The van der Waals surface area contributed by atoms with E-state index in [1.54, 1.807) is 29.2 Å².